The molecule has 0 aliphatic carbocycles. The van der Waals surface area contributed by atoms with Gasteiger partial charge in [-0.1, -0.05) is 30.3 Å². The molecular weight excluding hydrogens is 409 g/mol. The van der Waals surface area contributed by atoms with Crippen molar-refractivity contribution in [3.05, 3.63) is 78.1 Å². The van der Waals surface area contributed by atoms with Gasteiger partial charge in [0.15, 0.2) is 6.61 Å². The number of rotatable bonds is 6. The molecule has 1 amide bonds. The van der Waals surface area contributed by atoms with E-state index in [-0.39, 0.29) is 29.7 Å². The monoisotopic (exact) mass is 435 g/mol. The molecule has 5 rings (SSSR count). The maximum atomic E-state index is 13.1. The molecule has 1 aromatic heterocycles. The van der Waals surface area contributed by atoms with Crippen LogP contribution in [-0.2, 0) is 18.4 Å². The lowest BCUT2D eigenvalue weighted by Crippen LogP contribution is -2.62. The Labute approximate surface area is 186 Å². The van der Waals surface area contributed by atoms with Crippen LogP contribution in [0.25, 0.3) is 0 Å². The average molecular weight is 436 g/mol. The molecule has 2 aliphatic rings. The smallest absolute Gasteiger partial charge is 0.260 e. The average Bonchev–Trinajstić information content (AvgIpc) is 3.36. The van der Waals surface area contributed by atoms with Gasteiger partial charge in [0.05, 0.1) is 0 Å². The van der Waals surface area contributed by atoms with Gasteiger partial charge in [0.1, 0.15) is 23.7 Å². The van der Waals surface area contributed by atoms with Gasteiger partial charge in [-0.05, 0) is 29.8 Å². The maximum Gasteiger partial charge on any atom is 0.260 e. The minimum atomic E-state index is -0.329. The number of halogens is 1. The molecule has 1 spiro atoms. The molecule has 32 heavy (non-hydrogen) atoms. The van der Waals surface area contributed by atoms with Crippen molar-refractivity contribution in [2.24, 2.45) is 12.5 Å². The third kappa shape index (κ3) is 3.98. The Morgan fingerprint density at radius 2 is 1.88 bits per heavy atom. The molecule has 3 aromatic rings. The summed E-state index contributed by atoms with van der Waals surface area (Å²) in [7, 11) is 1.97. The fraction of sp³-hybridized carbons (Fsp3) is 0.375. The third-order valence-electron chi connectivity index (χ3n) is 6.57. The largest absolute Gasteiger partial charge is 0.484 e. The molecular formula is C24H26FN5O2. The summed E-state index contributed by atoms with van der Waals surface area (Å²) in [4.78, 5) is 17.0. The number of likely N-dealkylation sites (tertiary alicyclic amines) is 2. The molecule has 2 fully saturated rings. The van der Waals surface area contributed by atoms with Crippen LogP contribution in [0.3, 0.4) is 0 Å². The number of aryl methyl sites for hydroxylation is 1. The molecule has 0 N–H and O–H groups in total. The SMILES string of the molecule is Cn1cnnc1C1CN(Cc2ccccc2)CC12CN(C(=O)COc1ccc(F)cc1)C2. The fourth-order valence-corrected chi connectivity index (χ4v) is 4.97. The summed E-state index contributed by atoms with van der Waals surface area (Å²) >= 11 is 0. The van der Waals surface area contributed by atoms with E-state index in [2.05, 4.69) is 39.4 Å². The van der Waals surface area contributed by atoms with Crippen LogP contribution in [0, 0.1) is 11.2 Å². The van der Waals surface area contributed by atoms with Gasteiger partial charge in [-0.2, -0.15) is 0 Å². The molecule has 0 radical (unpaired) electrons. The minimum Gasteiger partial charge on any atom is -0.484 e. The number of benzene rings is 2. The summed E-state index contributed by atoms with van der Waals surface area (Å²) in [5.74, 6) is 1.28. The molecule has 3 heterocycles. The van der Waals surface area contributed by atoms with E-state index in [4.69, 9.17) is 4.74 Å². The van der Waals surface area contributed by atoms with Crippen LogP contribution in [0.1, 0.15) is 17.3 Å². The van der Waals surface area contributed by atoms with E-state index in [1.54, 1.807) is 6.33 Å². The first-order chi connectivity index (χ1) is 15.5. The number of nitrogens with zero attached hydrogens (tertiary/aromatic N) is 5. The summed E-state index contributed by atoms with van der Waals surface area (Å²) in [6, 6.07) is 16.1. The zero-order valence-electron chi connectivity index (χ0n) is 18.0. The Morgan fingerprint density at radius 1 is 1.12 bits per heavy atom. The summed E-state index contributed by atoms with van der Waals surface area (Å²) in [6.07, 6.45) is 1.74. The number of aromatic nitrogens is 3. The predicted octanol–water partition coefficient (Wildman–Crippen LogP) is 2.46. The zero-order chi connectivity index (χ0) is 22.1. The zero-order valence-corrected chi connectivity index (χ0v) is 18.0. The first-order valence-corrected chi connectivity index (χ1v) is 10.8. The van der Waals surface area contributed by atoms with Crippen LogP contribution in [0.15, 0.2) is 60.9 Å². The summed E-state index contributed by atoms with van der Waals surface area (Å²) in [5.41, 5.74) is 1.24. The van der Waals surface area contributed by atoms with Crippen molar-refractivity contribution >= 4 is 5.91 Å². The van der Waals surface area contributed by atoms with Gasteiger partial charge in [0.25, 0.3) is 5.91 Å². The van der Waals surface area contributed by atoms with Gasteiger partial charge < -0.3 is 14.2 Å². The number of hydrogen-bond acceptors (Lipinski definition) is 5. The molecule has 0 bridgehead atoms. The molecule has 8 heteroatoms. The first kappa shape index (κ1) is 20.6. The van der Waals surface area contributed by atoms with Crippen molar-refractivity contribution in [1.29, 1.82) is 0 Å². The van der Waals surface area contributed by atoms with E-state index < -0.39 is 0 Å². The molecule has 0 saturated carbocycles. The fourth-order valence-electron chi connectivity index (χ4n) is 4.97. The van der Waals surface area contributed by atoms with Crippen LogP contribution in [0.2, 0.25) is 0 Å². The second-order valence-electron chi connectivity index (χ2n) is 8.86. The summed E-state index contributed by atoms with van der Waals surface area (Å²) in [5, 5.41) is 8.49. The first-order valence-electron chi connectivity index (χ1n) is 10.8. The normalized spacial score (nSPS) is 19.8. The Bertz CT molecular complexity index is 1080. The second-order valence-corrected chi connectivity index (χ2v) is 8.86. The number of carbonyl (C=O) groups is 1. The highest BCUT2D eigenvalue weighted by molar-refractivity contribution is 5.79. The van der Waals surface area contributed by atoms with E-state index in [0.717, 1.165) is 25.5 Å². The summed E-state index contributed by atoms with van der Waals surface area (Å²) in [6.45, 7) is 3.95. The minimum absolute atomic E-state index is 0.0406. The van der Waals surface area contributed by atoms with E-state index in [0.29, 0.717) is 18.8 Å². The van der Waals surface area contributed by atoms with Crippen molar-refractivity contribution < 1.29 is 13.9 Å². The van der Waals surface area contributed by atoms with E-state index in [1.165, 1.54) is 29.8 Å². The summed E-state index contributed by atoms with van der Waals surface area (Å²) < 4.78 is 20.6. The molecule has 1 unspecified atom stereocenters. The number of ether oxygens (including phenoxy) is 1. The van der Waals surface area contributed by atoms with E-state index >= 15 is 0 Å². The molecule has 166 valence electrons. The maximum absolute atomic E-state index is 13.1. The molecule has 2 aliphatic heterocycles. The highest BCUT2D eigenvalue weighted by Crippen LogP contribution is 2.48. The van der Waals surface area contributed by atoms with Crippen LogP contribution in [0.4, 0.5) is 4.39 Å². The number of carbonyl (C=O) groups excluding carboxylic acids is 1. The van der Waals surface area contributed by atoms with Gasteiger partial charge in [0, 0.05) is 51.1 Å². The van der Waals surface area contributed by atoms with Gasteiger partial charge in [0.2, 0.25) is 0 Å². The van der Waals surface area contributed by atoms with Gasteiger partial charge in [-0.3, -0.25) is 9.69 Å². The van der Waals surface area contributed by atoms with Gasteiger partial charge in [-0.25, -0.2) is 4.39 Å². The van der Waals surface area contributed by atoms with Gasteiger partial charge in [-0.15, -0.1) is 10.2 Å². The predicted molar refractivity (Wildman–Crippen MR) is 116 cm³/mol. The van der Waals surface area contributed by atoms with Gasteiger partial charge >= 0.3 is 0 Å². The molecule has 2 saturated heterocycles. The Kier molecular flexibility index (Phi) is 5.38. The van der Waals surface area contributed by atoms with Crippen LogP contribution >= 0.6 is 0 Å². The van der Waals surface area contributed by atoms with Crippen molar-refractivity contribution in [2.75, 3.05) is 32.8 Å². The topological polar surface area (TPSA) is 63.5 Å². The lowest BCUT2D eigenvalue weighted by molar-refractivity contribution is -0.145. The lowest BCUT2D eigenvalue weighted by atomic mass is 9.71. The molecule has 1 atom stereocenters. The highest BCUT2D eigenvalue weighted by atomic mass is 19.1. The molecule has 7 nitrogen and oxygen atoms in total. The van der Waals surface area contributed by atoms with E-state index in [1.807, 2.05) is 22.6 Å². The van der Waals surface area contributed by atoms with Crippen molar-refractivity contribution in [3.8, 4) is 5.75 Å². The Balaban J connectivity index is 1.26. The quantitative estimate of drug-likeness (QED) is 0.595. The van der Waals surface area contributed by atoms with Crippen molar-refractivity contribution in [3.63, 3.8) is 0 Å². The molecule has 2 aromatic carbocycles. The lowest BCUT2D eigenvalue weighted by Gasteiger charge is -2.50. The van der Waals surface area contributed by atoms with Crippen LogP contribution in [0.5, 0.6) is 5.75 Å². The van der Waals surface area contributed by atoms with Crippen LogP contribution in [-0.4, -0.2) is 63.3 Å². The third-order valence-corrected chi connectivity index (χ3v) is 6.57. The number of hydrogen-bond donors (Lipinski definition) is 0. The van der Waals surface area contributed by atoms with E-state index in [9.17, 15) is 9.18 Å². The van der Waals surface area contributed by atoms with Crippen LogP contribution < -0.4 is 4.74 Å². The number of amides is 1. The van der Waals surface area contributed by atoms with Crippen molar-refractivity contribution in [2.45, 2.75) is 12.5 Å². The Morgan fingerprint density at radius 3 is 2.56 bits per heavy atom. The highest BCUT2D eigenvalue weighted by Gasteiger charge is 2.57. The Hall–Kier alpha value is -3.26. The second kappa shape index (κ2) is 8.35. The standard InChI is InChI=1S/C24H26FN5O2/c1-28-17-26-27-23(28)21-12-29(11-18-5-3-2-4-6-18)14-24(21)15-30(16-24)22(31)13-32-20-9-7-19(25)8-10-20/h2-10,17,21H,11-16H2,1H3. The van der Waals surface area contributed by atoms with Crippen molar-refractivity contribution in [1.82, 2.24) is 24.6 Å².